The van der Waals surface area contributed by atoms with Gasteiger partial charge in [-0.2, -0.15) is 0 Å². The molecule has 0 aromatic heterocycles. The van der Waals surface area contributed by atoms with Crippen LogP contribution in [-0.2, 0) is 18.6 Å². The van der Waals surface area contributed by atoms with Gasteiger partial charge in [0.25, 0.3) is 8.32 Å². The van der Waals surface area contributed by atoms with Crippen LogP contribution < -0.4 is 0 Å². The summed E-state index contributed by atoms with van der Waals surface area (Å²) in [7, 11) is 1.27. The highest BCUT2D eigenvalue weighted by Gasteiger charge is 2.39. The van der Waals surface area contributed by atoms with E-state index < -0.39 is 8.32 Å². The van der Waals surface area contributed by atoms with Crippen LogP contribution in [0.4, 0.5) is 0 Å². The van der Waals surface area contributed by atoms with E-state index in [2.05, 4.69) is 33.9 Å². The number of ether oxygens (including phenoxy) is 3. The summed E-state index contributed by atoms with van der Waals surface area (Å²) in [6, 6.07) is 0. The van der Waals surface area contributed by atoms with Crippen LogP contribution in [0.3, 0.4) is 0 Å². The van der Waals surface area contributed by atoms with Crippen molar-refractivity contribution >= 4 is 8.32 Å². The Kier molecular flexibility index (Phi) is 5.89. The van der Waals surface area contributed by atoms with Gasteiger partial charge in [-0.15, -0.1) is 0 Å². The Morgan fingerprint density at radius 2 is 1.75 bits per heavy atom. The Bertz CT molecular complexity index is 231. The minimum atomic E-state index is -1.86. The molecule has 16 heavy (non-hydrogen) atoms. The van der Waals surface area contributed by atoms with Crippen molar-refractivity contribution in [3.63, 3.8) is 0 Å². The van der Waals surface area contributed by atoms with Gasteiger partial charge in [-0.1, -0.05) is 20.8 Å². The molecule has 4 nitrogen and oxygen atoms in total. The molecule has 0 spiro atoms. The zero-order valence-electron chi connectivity index (χ0n) is 11.4. The molecule has 0 aromatic rings. The molecule has 0 unspecified atom stereocenters. The fourth-order valence-corrected chi connectivity index (χ4v) is 1.63. The van der Waals surface area contributed by atoms with Gasteiger partial charge in [-0.3, -0.25) is 0 Å². The summed E-state index contributed by atoms with van der Waals surface area (Å²) in [5, 5.41) is 0.131. The second kappa shape index (κ2) is 6.15. The Hall–Kier alpha value is -0.683. The summed E-state index contributed by atoms with van der Waals surface area (Å²) in [6.07, 6.45) is 1.45. The topological polar surface area (TPSA) is 36.9 Å². The summed E-state index contributed by atoms with van der Waals surface area (Å²) in [5.41, 5.74) is 0. The van der Waals surface area contributed by atoms with Crippen molar-refractivity contribution in [3.8, 4) is 0 Å². The quantitative estimate of drug-likeness (QED) is 0.313. The van der Waals surface area contributed by atoms with Crippen molar-refractivity contribution in [2.45, 2.75) is 38.9 Å². The number of hydrogen-bond donors (Lipinski definition) is 0. The number of hydrogen-bond acceptors (Lipinski definition) is 4. The first kappa shape index (κ1) is 15.3. The van der Waals surface area contributed by atoms with Gasteiger partial charge in [0.05, 0.1) is 7.11 Å². The molecule has 0 aromatic carbocycles. The van der Waals surface area contributed by atoms with Gasteiger partial charge in [0.15, 0.2) is 13.1 Å². The number of rotatable bonds is 6. The predicted octanol–water partition coefficient (Wildman–Crippen LogP) is 3.07. The van der Waals surface area contributed by atoms with Crippen LogP contribution >= 0.6 is 0 Å². The molecule has 96 valence electrons. The fourth-order valence-electron chi connectivity index (χ4n) is 0.689. The maximum Gasteiger partial charge on any atom is 0.301 e. The third-order valence-corrected chi connectivity index (χ3v) is 7.05. The highest BCUT2D eigenvalue weighted by molar-refractivity contribution is 6.74. The lowest BCUT2D eigenvalue weighted by Gasteiger charge is -2.36. The van der Waals surface area contributed by atoms with Crippen molar-refractivity contribution in [3.05, 3.63) is 12.2 Å². The van der Waals surface area contributed by atoms with Crippen molar-refractivity contribution in [1.82, 2.24) is 0 Å². The zero-order chi connectivity index (χ0) is 12.8. The normalized spacial score (nSPS) is 13.6. The summed E-state index contributed by atoms with van der Waals surface area (Å²) in [6.45, 7) is 11.0. The van der Waals surface area contributed by atoms with Crippen LogP contribution in [0.15, 0.2) is 12.2 Å². The fraction of sp³-hybridized carbons (Fsp3) is 0.818. The molecule has 0 saturated heterocycles. The third-order valence-electron chi connectivity index (χ3n) is 2.73. The molecular formula is C11H24O4Si. The Morgan fingerprint density at radius 1 is 1.19 bits per heavy atom. The van der Waals surface area contributed by atoms with E-state index in [9.17, 15) is 0 Å². The molecule has 0 fully saturated rings. The average Bonchev–Trinajstić information content (AvgIpc) is 2.14. The molecule has 0 rings (SSSR count). The largest absolute Gasteiger partial charge is 0.517 e. The molecule has 0 aliphatic rings. The van der Waals surface area contributed by atoms with Crippen LogP contribution in [0.1, 0.15) is 20.8 Å². The molecule has 0 amide bonds. The van der Waals surface area contributed by atoms with Gasteiger partial charge in [0, 0.05) is 7.11 Å². The molecule has 0 heterocycles. The Morgan fingerprint density at radius 3 is 2.12 bits per heavy atom. The van der Waals surface area contributed by atoms with Crippen molar-refractivity contribution in [2.24, 2.45) is 0 Å². The lowest BCUT2D eigenvalue weighted by Crippen LogP contribution is -2.40. The van der Waals surface area contributed by atoms with E-state index in [0.29, 0.717) is 5.95 Å². The van der Waals surface area contributed by atoms with Gasteiger partial charge < -0.3 is 18.6 Å². The summed E-state index contributed by atoms with van der Waals surface area (Å²) in [4.78, 5) is 0. The first-order chi connectivity index (χ1) is 7.24. The highest BCUT2D eigenvalue weighted by atomic mass is 28.4. The van der Waals surface area contributed by atoms with E-state index in [-0.39, 0.29) is 11.8 Å². The lowest BCUT2D eigenvalue weighted by molar-refractivity contribution is 0.00681. The first-order valence-corrected chi connectivity index (χ1v) is 8.19. The van der Waals surface area contributed by atoms with Gasteiger partial charge in [-0.05, 0) is 18.1 Å². The second-order valence-electron chi connectivity index (χ2n) is 5.08. The van der Waals surface area contributed by atoms with Crippen LogP contribution in [0.5, 0.6) is 0 Å². The zero-order valence-corrected chi connectivity index (χ0v) is 12.4. The minimum absolute atomic E-state index is 0.131. The van der Waals surface area contributed by atoms with Crippen LogP contribution in [-0.4, -0.2) is 29.3 Å². The van der Waals surface area contributed by atoms with Gasteiger partial charge in [-0.25, -0.2) is 0 Å². The lowest BCUT2D eigenvalue weighted by atomic mass is 10.2. The van der Waals surface area contributed by atoms with E-state index in [4.69, 9.17) is 18.6 Å². The van der Waals surface area contributed by atoms with Crippen molar-refractivity contribution < 1.29 is 18.6 Å². The first-order valence-electron chi connectivity index (χ1n) is 5.28. The molecule has 0 bridgehead atoms. The van der Waals surface area contributed by atoms with Gasteiger partial charge in [0.2, 0.25) is 0 Å². The molecule has 5 heteroatoms. The van der Waals surface area contributed by atoms with E-state index in [0.717, 1.165) is 0 Å². The number of methoxy groups -OCH3 is 2. The summed E-state index contributed by atoms with van der Waals surface area (Å²) >= 11 is 0. The van der Waals surface area contributed by atoms with E-state index >= 15 is 0 Å². The molecule has 0 atom stereocenters. The minimum Gasteiger partial charge on any atom is -0.517 e. The molecule has 0 aliphatic carbocycles. The average molecular weight is 248 g/mol. The molecular weight excluding hydrogens is 224 g/mol. The van der Waals surface area contributed by atoms with Crippen LogP contribution in [0.2, 0.25) is 18.1 Å². The summed E-state index contributed by atoms with van der Waals surface area (Å²) < 4.78 is 20.9. The SMILES string of the molecule is COCO/C=C(/OC)O[Si](C)(C)C(C)(C)C. The third kappa shape index (κ3) is 4.89. The maximum atomic E-state index is 5.90. The molecule has 0 radical (unpaired) electrons. The predicted molar refractivity (Wildman–Crippen MR) is 66.3 cm³/mol. The van der Waals surface area contributed by atoms with Crippen LogP contribution in [0, 0.1) is 0 Å². The van der Waals surface area contributed by atoms with E-state index in [1.165, 1.54) is 6.26 Å². The van der Waals surface area contributed by atoms with Crippen LogP contribution in [0.25, 0.3) is 0 Å². The van der Waals surface area contributed by atoms with Crippen molar-refractivity contribution in [2.75, 3.05) is 21.0 Å². The molecule has 0 saturated carbocycles. The molecule has 0 aliphatic heterocycles. The standard InChI is InChI=1S/C11H24O4Si/c1-11(2,3)16(6,7)15-10(13-5)8-14-9-12-4/h8H,9H2,1-7H3/b10-8-. The Balaban J connectivity index is 4.48. The monoisotopic (exact) mass is 248 g/mol. The van der Waals surface area contributed by atoms with Gasteiger partial charge >= 0.3 is 5.95 Å². The maximum absolute atomic E-state index is 5.90. The van der Waals surface area contributed by atoms with E-state index in [1.54, 1.807) is 14.2 Å². The smallest absolute Gasteiger partial charge is 0.301 e. The van der Waals surface area contributed by atoms with E-state index in [1.807, 2.05) is 0 Å². The van der Waals surface area contributed by atoms with Crippen molar-refractivity contribution in [1.29, 1.82) is 0 Å². The highest BCUT2D eigenvalue weighted by Crippen LogP contribution is 2.37. The Labute approximate surface area is 99.7 Å². The second-order valence-corrected chi connectivity index (χ2v) is 9.80. The summed E-state index contributed by atoms with van der Waals surface area (Å²) in [5.74, 6) is 0.406. The van der Waals surface area contributed by atoms with Gasteiger partial charge in [0.1, 0.15) is 0 Å². The molecule has 0 N–H and O–H groups in total.